The fourth-order valence-corrected chi connectivity index (χ4v) is 3.53. The summed E-state index contributed by atoms with van der Waals surface area (Å²) in [5.41, 5.74) is -0.563. The Morgan fingerprint density at radius 3 is 1.92 bits per heavy atom. The lowest BCUT2D eigenvalue weighted by molar-refractivity contribution is -0.147. The highest BCUT2D eigenvalue weighted by Gasteiger charge is 2.45. The van der Waals surface area contributed by atoms with Crippen LogP contribution in [0.1, 0.15) is 54.4 Å². The van der Waals surface area contributed by atoms with Gasteiger partial charge in [0.1, 0.15) is 0 Å². The predicted octanol–water partition coefficient (Wildman–Crippen LogP) is 2.79. The fraction of sp³-hybridized carbons (Fsp3) is 0.895. The van der Waals surface area contributed by atoms with Gasteiger partial charge in [0.2, 0.25) is 11.8 Å². The highest BCUT2D eigenvalue weighted by Crippen LogP contribution is 2.33. The summed E-state index contributed by atoms with van der Waals surface area (Å²) in [5.74, 6) is 1.14. The van der Waals surface area contributed by atoms with E-state index < -0.39 is 5.41 Å². The molecule has 2 amide bonds. The van der Waals surface area contributed by atoms with E-state index in [-0.39, 0.29) is 24.2 Å². The van der Waals surface area contributed by atoms with Crippen LogP contribution in [0.25, 0.3) is 0 Å². The van der Waals surface area contributed by atoms with Gasteiger partial charge in [-0.05, 0) is 38.6 Å². The minimum absolute atomic E-state index is 0. The van der Waals surface area contributed by atoms with Crippen molar-refractivity contribution < 1.29 is 9.59 Å². The standard InChI is InChI=1S/C19H37N3O2.ClH/c1-7-21(12-15(3)4)17(23)11-19(9-10-20-14-19)18(24)22(8-2)13-16(5)6;/h15-16,20H,7-14H2,1-6H3;1H. The molecular weight excluding hydrogens is 338 g/mol. The second-order valence-electron chi connectivity index (χ2n) is 7.95. The molecule has 148 valence electrons. The van der Waals surface area contributed by atoms with Crippen LogP contribution in [0.5, 0.6) is 0 Å². The molecule has 1 unspecified atom stereocenters. The van der Waals surface area contributed by atoms with Gasteiger partial charge in [-0.15, -0.1) is 12.4 Å². The van der Waals surface area contributed by atoms with Gasteiger partial charge in [-0.1, -0.05) is 27.7 Å². The molecule has 0 aliphatic carbocycles. The van der Waals surface area contributed by atoms with E-state index >= 15 is 0 Å². The van der Waals surface area contributed by atoms with Crippen molar-refractivity contribution in [3.05, 3.63) is 0 Å². The van der Waals surface area contributed by atoms with Crippen LogP contribution in [0.2, 0.25) is 0 Å². The van der Waals surface area contributed by atoms with Crippen molar-refractivity contribution >= 4 is 24.2 Å². The quantitative estimate of drug-likeness (QED) is 0.674. The third kappa shape index (κ3) is 6.78. The van der Waals surface area contributed by atoms with E-state index in [0.717, 1.165) is 26.1 Å². The van der Waals surface area contributed by atoms with Gasteiger partial charge in [0.25, 0.3) is 0 Å². The molecule has 0 aromatic carbocycles. The zero-order chi connectivity index (χ0) is 18.3. The van der Waals surface area contributed by atoms with Gasteiger partial charge < -0.3 is 15.1 Å². The van der Waals surface area contributed by atoms with Gasteiger partial charge in [-0.3, -0.25) is 9.59 Å². The number of amides is 2. The van der Waals surface area contributed by atoms with E-state index in [2.05, 4.69) is 33.0 Å². The minimum atomic E-state index is -0.563. The first-order chi connectivity index (χ1) is 11.3. The Labute approximate surface area is 160 Å². The third-order valence-electron chi connectivity index (χ3n) is 4.76. The second-order valence-corrected chi connectivity index (χ2v) is 7.95. The van der Waals surface area contributed by atoms with Crippen LogP contribution in [0.3, 0.4) is 0 Å². The molecular formula is C19H38ClN3O2. The summed E-state index contributed by atoms with van der Waals surface area (Å²) in [6, 6.07) is 0. The molecule has 6 heteroatoms. The Balaban J connectivity index is 0.00000576. The van der Waals surface area contributed by atoms with Crippen LogP contribution in [0, 0.1) is 17.3 Å². The maximum Gasteiger partial charge on any atom is 0.230 e. The van der Waals surface area contributed by atoms with Crippen LogP contribution in [0.15, 0.2) is 0 Å². The SMILES string of the molecule is CCN(CC(C)C)C(=O)CC1(C(=O)N(CC)CC(C)C)CCNC1.Cl. The molecule has 0 saturated carbocycles. The zero-order valence-corrected chi connectivity index (χ0v) is 17.7. The first-order valence-electron chi connectivity index (χ1n) is 9.53. The molecule has 0 aromatic rings. The van der Waals surface area contributed by atoms with E-state index in [9.17, 15) is 9.59 Å². The molecule has 1 saturated heterocycles. The summed E-state index contributed by atoms with van der Waals surface area (Å²) in [6.45, 7) is 16.9. The lowest BCUT2D eigenvalue weighted by Crippen LogP contribution is -2.49. The van der Waals surface area contributed by atoms with Crippen molar-refractivity contribution in [2.45, 2.75) is 54.4 Å². The average Bonchev–Trinajstić information content (AvgIpc) is 2.98. The number of halogens is 1. The van der Waals surface area contributed by atoms with Gasteiger partial charge in [0, 0.05) is 39.1 Å². The minimum Gasteiger partial charge on any atom is -0.343 e. The maximum absolute atomic E-state index is 13.2. The summed E-state index contributed by atoms with van der Waals surface area (Å²) < 4.78 is 0. The van der Waals surface area contributed by atoms with Gasteiger partial charge in [-0.25, -0.2) is 0 Å². The molecule has 5 nitrogen and oxygen atoms in total. The molecule has 1 rings (SSSR count). The summed E-state index contributed by atoms with van der Waals surface area (Å²) in [4.78, 5) is 29.9. The Morgan fingerprint density at radius 1 is 1.00 bits per heavy atom. The van der Waals surface area contributed by atoms with E-state index in [4.69, 9.17) is 0 Å². The van der Waals surface area contributed by atoms with Gasteiger partial charge in [0.05, 0.1) is 5.41 Å². The normalized spacial score (nSPS) is 19.8. The van der Waals surface area contributed by atoms with Gasteiger partial charge >= 0.3 is 0 Å². The molecule has 25 heavy (non-hydrogen) atoms. The second kappa shape index (κ2) is 11.0. The summed E-state index contributed by atoms with van der Waals surface area (Å²) in [5, 5.41) is 3.31. The van der Waals surface area contributed by atoms with Gasteiger partial charge in [0.15, 0.2) is 0 Å². The molecule has 0 aromatic heterocycles. The lowest BCUT2D eigenvalue weighted by Gasteiger charge is -2.35. The first-order valence-corrected chi connectivity index (χ1v) is 9.53. The third-order valence-corrected chi connectivity index (χ3v) is 4.76. The molecule has 1 fully saturated rings. The van der Waals surface area contributed by atoms with E-state index in [1.54, 1.807) is 0 Å². The molecule has 1 atom stereocenters. The number of hydrogen-bond donors (Lipinski definition) is 1. The van der Waals surface area contributed by atoms with Crippen LogP contribution < -0.4 is 5.32 Å². The van der Waals surface area contributed by atoms with Crippen LogP contribution in [-0.4, -0.2) is 60.9 Å². The Kier molecular flexibility index (Phi) is 10.7. The molecule has 1 aliphatic heterocycles. The van der Waals surface area contributed by atoms with Gasteiger partial charge in [-0.2, -0.15) is 0 Å². The maximum atomic E-state index is 13.2. The van der Waals surface area contributed by atoms with Crippen molar-refractivity contribution in [3.8, 4) is 0 Å². The van der Waals surface area contributed by atoms with Crippen molar-refractivity contribution in [3.63, 3.8) is 0 Å². The summed E-state index contributed by atoms with van der Waals surface area (Å²) in [7, 11) is 0. The van der Waals surface area contributed by atoms with Crippen molar-refractivity contribution in [1.82, 2.24) is 15.1 Å². The predicted molar refractivity (Wildman–Crippen MR) is 106 cm³/mol. The summed E-state index contributed by atoms with van der Waals surface area (Å²) >= 11 is 0. The number of rotatable bonds is 9. The fourth-order valence-electron chi connectivity index (χ4n) is 3.53. The monoisotopic (exact) mass is 375 g/mol. The van der Waals surface area contributed by atoms with Crippen molar-refractivity contribution in [2.24, 2.45) is 17.3 Å². The van der Waals surface area contributed by atoms with Crippen molar-refractivity contribution in [1.29, 1.82) is 0 Å². The molecule has 0 spiro atoms. The lowest BCUT2D eigenvalue weighted by atomic mass is 9.81. The van der Waals surface area contributed by atoms with E-state index in [1.807, 2.05) is 23.6 Å². The Morgan fingerprint density at radius 2 is 1.52 bits per heavy atom. The smallest absolute Gasteiger partial charge is 0.230 e. The number of nitrogens with one attached hydrogen (secondary N) is 1. The molecule has 0 radical (unpaired) electrons. The molecule has 1 heterocycles. The Bertz CT molecular complexity index is 421. The highest BCUT2D eigenvalue weighted by atomic mass is 35.5. The summed E-state index contributed by atoms with van der Waals surface area (Å²) in [6.07, 6.45) is 1.08. The van der Waals surface area contributed by atoms with E-state index in [1.165, 1.54) is 0 Å². The molecule has 0 bridgehead atoms. The Hall–Kier alpha value is -0.810. The van der Waals surface area contributed by atoms with Crippen molar-refractivity contribution in [2.75, 3.05) is 39.3 Å². The molecule has 1 N–H and O–H groups in total. The van der Waals surface area contributed by atoms with E-state index in [0.29, 0.717) is 37.9 Å². The number of nitrogens with zero attached hydrogens (tertiary/aromatic N) is 2. The number of hydrogen-bond acceptors (Lipinski definition) is 3. The number of carbonyl (C=O) groups excluding carboxylic acids is 2. The first kappa shape index (κ1) is 24.2. The van der Waals surface area contributed by atoms with Crippen LogP contribution in [-0.2, 0) is 9.59 Å². The van der Waals surface area contributed by atoms with Crippen LogP contribution >= 0.6 is 12.4 Å². The largest absolute Gasteiger partial charge is 0.343 e. The van der Waals surface area contributed by atoms with Crippen LogP contribution in [0.4, 0.5) is 0 Å². The topological polar surface area (TPSA) is 52.7 Å². The average molecular weight is 376 g/mol. The molecule has 1 aliphatic rings. The zero-order valence-electron chi connectivity index (χ0n) is 16.9. The number of carbonyl (C=O) groups is 2. The highest BCUT2D eigenvalue weighted by molar-refractivity contribution is 5.89.